The van der Waals surface area contributed by atoms with Gasteiger partial charge in [0.2, 0.25) is 0 Å². The number of epoxide rings is 1. The molecule has 1 N–H and O–H groups in total. The molecule has 3 rings (SSSR count). The fraction of sp³-hybridized carbons (Fsp3) is 0.357. The van der Waals surface area contributed by atoms with Gasteiger partial charge in [-0.05, 0) is 32.0 Å². The fourth-order valence-corrected chi connectivity index (χ4v) is 2.09. The predicted octanol–water partition coefficient (Wildman–Crippen LogP) is 2.21. The van der Waals surface area contributed by atoms with Gasteiger partial charge in [-0.1, -0.05) is 5.57 Å². The number of allylic oxidation sites excluding steroid dienone is 1. The number of rotatable bonds is 3. The molecule has 4 heteroatoms. The minimum Gasteiger partial charge on any atom is -0.491 e. The van der Waals surface area contributed by atoms with Gasteiger partial charge in [0.25, 0.3) is 5.91 Å². The normalized spacial score (nSPS) is 20.4. The number of anilines is 1. The van der Waals surface area contributed by atoms with Crippen molar-refractivity contribution in [1.82, 2.24) is 0 Å². The van der Waals surface area contributed by atoms with E-state index in [4.69, 9.17) is 9.47 Å². The number of nitrogens with one attached hydrogen (secondary N) is 1. The molecule has 0 aliphatic carbocycles. The average Bonchev–Trinajstić information content (AvgIpc) is 3.07. The zero-order valence-corrected chi connectivity index (χ0v) is 10.4. The quantitative estimate of drug-likeness (QED) is 0.656. The Labute approximate surface area is 106 Å². The summed E-state index contributed by atoms with van der Waals surface area (Å²) in [5, 5.41) is 2.86. The van der Waals surface area contributed by atoms with Crippen LogP contribution in [0.5, 0.6) is 5.75 Å². The first-order valence-corrected chi connectivity index (χ1v) is 6.03. The molecule has 4 nitrogen and oxygen atoms in total. The van der Waals surface area contributed by atoms with E-state index < -0.39 is 0 Å². The fourth-order valence-electron chi connectivity index (χ4n) is 2.09. The highest BCUT2D eigenvalue weighted by Gasteiger charge is 2.26. The average molecular weight is 245 g/mol. The lowest BCUT2D eigenvalue weighted by Gasteiger charge is -2.06. The van der Waals surface area contributed by atoms with Crippen molar-refractivity contribution in [3.05, 3.63) is 29.3 Å². The Bertz CT molecular complexity index is 540. The number of amides is 1. The van der Waals surface area contributed by atoms with Crippen molar-refractivity contribution < 1.29 is 14.3 Å². The lowest BCUT2D eigenvalue weighted by molar-refractivity contribution is -0.110. The van der Waals surface area contributed by atoms with Crippen molar-refractivity contribution in [2.24, 2.45) is 0 Å². The molecule has 0 bridgehead atoms. The van der Waals surface area contributed by atoms with Gasteiger partial charge >= 0.3 is 0 Å². The first kappa shape index (κ1) is 11.3. The van der Waals surface area contributed by atoms with E-state index >= 15 is 0 Å². The molecular weight excluding hydrogens is 230 g/mol. The minimum absolute atomic E-state index is 0.0346. The maximum atomic E-state index is 11.8. The SMILES string of the molecule is CC(C)=C1C(=O)Nc2ccc(OCC3CO3)cc21. The van der Waals surface area contributed by atoms with Crippen LogP contribution in [-0.4, -0.2) is 25.2 Å². The molecule has 0 radical (unpaired) electrons. The Morgan fingerprint density at radius 1 is 1.50 bits per heavy atom. The smallest absolute Gasteiger partial charge is 0.256 e. The van der Waals surface area contributed by atoms with E-state index in [-0.39, 0.29) is 12.0 Å². The Morgan fingerprint density at radius 2 is 2.28 bits per heavy atom. The summed E-state index contributed by atoms with van der Waals surface area (Å²) in [6.07, 6.45) is 0.237. The molecule has 1 aromatic carbocycles. The summed E-state index contributed by atoms with van der Waals surface area (Å²) < 4.78 is 10.7. The third kappa shape index (κ3) is 1.99. The van der Waals surface area contributed by atoms with E-state index in [9.17, 15) is 4.79 Å². The van der Waals surface area contributed by atoms with E-state index in [1.807, 2.05) is 32.0 Å². The van der Waals surface area contributed by atoms with Crippen LogP contribution in [0.25, 0.3) is 5.57 Å². The highest BCUT2D eigenvalue weighted by molar-refractivity contribution is 6.32. The first-order chi connectivity index (χ1) is 8.65. The molecule has 1 saturated heterocycles. The molecule has 1 atom stereocenters. The van der Waals surface area contributed by atoms with Crippen molar-refractivity contribution in [2.75, 3.05) is 18.5 Å². The Kier molecular flexibility index (Phi) is 2.59. The standard InChI is InChI=1S/C14H15NO3/c1-8(2)13-11-5-9(17-6-10-7-18-10)3-4-12(11)15-14(13)16/h3-5,10H,6-7H2,1-2H3,(H,15,16). The predicted molar refractivity (Wildman–Crippen MR) is 68.6 cm³/mol. The lowest BCUT2D eigenvalue weighted by atomic mass is 10.0. The van der Waals surface area contributed by atoms with E-state index in [2.05, 4.69) is 5.32 Å². The zero-order valence-electron chi connectivity index (χ0n) is 10.4. The maximum Gasteiger partial charge on any atom is 0.256 e. The Morgan fingerprint density at radius 3 is 2.94 bits per heavy atom. The molecule has 2 aliphatic rings. The van der Waals surface area contributed by atoms with Crippen LogP contribution in [0.4, 0.5) is 5.69 Å². The van der Waals surface area contributed by atoms with Crippen LogP contribution in [0, 0.1) is 0 Å². The van der Waals surface area contributed by atoms with Gasteiger partial charge in [0, 0.05) is 16.8 Å². The third-order valence-corrected chi connectivity index (χ3v) is 3.07. The number of fused-ring (bicyclic) bond motifs is 1. The molecule has 2 aliphatic heterocycles. The number of carbonyl (C=O) groups is 1. The second-order valence-electron chi connectivity index (χ2n) is 4.80. The van der Waals surface area contributed by atoms with Crippen molar-refractivity contribution in [1.29, 1.82) is 0 Å². The molecule has 0 saturated carbocycles. The van der Waals surface area contributed by atoms with E-state index in [1.54, 1.807) is 0 Å². The minimum atomic E-state index is -0.0346. The molecule has 1 amide bonds. The molecule has 1 unspecified atom stereocenters. The highest BCUT2D eigenvalue weighted by atomic mass is 16.6. The molecule has 0 aromatic heterocycles. The lowest BCUT2D eigenvalue weighted by Crippen LogP contribution is -2.04. The Balaban J connectivity index is 1.89. The maximum absolute atomic E-state index is 11.8. The van der Waals surface area contributed by atoms with Crippen molar-refractivity contribution in [3.63, 3.8) is 0 Å². The van der Waals surface area contributed by atoms with Crippen LogP contribution in [-0.2, 0) is 9.53 Å². The summed E-state index contributed by atoms with van der Waals surface area (Å²) in [4.78, 5) is 11.8. The van der Waals surface area contributed by atoms with Crippen LogP contribution in [0.1, 0.15) is 19.4 Å². The summed E-state index contributed by atoms with van der Waals surface area (Å²) in [5.41, 5.74) is 3.53. The number of hydrogen-bond acceptors (Lipinski definition) is 3. The summed E-state index contributed by atoms with van der Waals surface area (Å²) in [5.74, 6) is 0.743. The van der Waals surface area contributed by atoms with Gasteiger partial charge in [-0.25, -0.2) is 0 Å². The van der Waals surface area contributed by atoms with Gasteiger partial charge in [-0.3, -0.25) is 4.79 Å². The largest absolute Gasteiger partial charge is 0.491 e. The van der Waals surface area contributed by atoms with Crippen molar-refractivity contribution in [3.8, 4) is 5.75 Å². The first-order valence-electron chi connectivity index (χ1n) is 6.03. The summed E-state index contributed by atoms with van der Waals surface area (Å²) in [6.45, 7) is 5.24. The van der Waals surface area contributed by atoms with Gasteiger partial charge in [0.15, 0.2) is 0 Å². The molecule has 1 fully saturated rings. The molecule has 18 heavy (non-hydrogen) atoms. The molecule has 2 heterocycles. The van der Waals surface area contributed by atoms with Crippen LogP contribution in [0.2, 0.25) is 0 Å². The summed E-state index contributed by atoms with van der Waals surface area (Å²) in [6, 6.07) is 5.67. The van der Waals surface area contributed by atoms with Gasteiger partial charge in [0.1, 0.15) is 18.5 Å². The summed E-state index contributed by atoms with van der Waals surface area (Å²) in [7, 11) is 0. The number of benzene rings is 1. The molecule has 94 valence electrons. The van der Waals surface area contributed by atoms with Gasteiger partial charge in [-0.2, -0.15) is 0 Å². The zero-order chi connectivity index (χ0) is 12.7. The van der Waals surface area contributed by atoms with Crippen LogP contribution in [0.3, 0.4) is 0 Å². The van der Waals surface area contributed by atoms with Gasteiger partial charge in [0.05, 0.1) is 6.61 Å². The van der Waals surface area contributed by atoms with Crippen LogP contribution < -0.4 is 10.1 Å². The van der Waals surface area contributed by atoms with Gasteiger partial charge in [-0.15, -0.1) is 0 Å². The van der Waals surface area contributed by atoms with Crippen molar-refractivity contribution in [2.45, 2.75) is 20.0 Å². The van der Waals surface area contributed by atoms with E-state index in [0.29, 0.717) is 6.61 Å². The Hall–Kier alpha value is -1.81. The van der Waals surface area contributed by atoms with Gasteiger partial charge < -0.3 is 14.8 Å². The van der Waals surface area contributed by atoms with Crippen molar-refractivity contribution >= 4 is 17.2 Å². The number of ether oxygens (including phenoxy) is 2. The molecular formula is C14H15NO3. The summed E-state index contributed by atoms with van der Waals surface area (Å²) >= 11 is 0. The molecule has 1 aromatic rings. The number of hydrogen-bond donors (Lipinski definition) is 1. The monoisotopic (exact) mass is 245 g/mol. The van der Waals surface area contributed by atoms with Crippen LogP contribution >= 0.6 is 0 Å². The topological polar surface area (TPSA) is 50.9 Å². The van der Waals surface area contributed by atoms with Crippen LogP contribution in [0.15, 0.2) is 23.8 Å². The second kappa shape index (κ2) is 4.14. The third-order valence-electron chi connectivity index (χ3n) is 3.07. The van der Waals surface area contributed by atoms with E-state index in [0.717, 1.165) is 34.8 Å². The number of carbonyl (C=O) groups excluding carboxylic acids is 1. The highest BCUT2D eigenvalue weighted by Crippen LogP contribution is 2.36. The second-order valence-corrected chi connectivity index (χ2v) is 4.80. The molecule has 0 spiro atoms. The van der Waals surface area contributed by atoms with E-state index in [1.165, 1.54) is 0 Å².